The maximum atomic E-state index is 12.1. The summed E-state index contributed by atoms with van der Waals surface area (Å²) in [6.07, 6.45) is 4.66. The first-order valence-electron chi connectivity index (χ1n) is 6.19. The minimum Gasteiger partial charge on any atom is -0.348 e. The van der Waals surface area contributed by atoms with Crippen LogP contribution in [0.4, 0.5) is 0 Å². The summed E-state index contributed by atoms with van der Waals surface area (Å²) in [5, 5.41) is 6.73. The molecule has 2 aliphatic heterocycles. The zero-order valence-corrected chi connectivity index (χ0v) is 10.7. The number of rotatable bonds is 2. The van der Waals surface area contributed by atoms with Crippen molar-refractivity contribution in [3.05, 3.63) is 16.1 Å². The lowest BCUT2D eigenvalue weighted by Crippen LogP contribution is -2.48. The molecule has 0 aliphatic carbocycles. The topological polar surface area (TPSA) is 54.0 Å². The highest BCUT2D eigenvalue weighted by Gasteiger charge is 2.34. The summed E-state index contributed by atoms with van der Waals surface area (Å²) >= 11 is 1.42. The van der Waals surface area contributed by atoms with E-state index in [1.54, 1.807) is 5.51 Å². The number of amides is 1. The molecule has 2 unspecified atom stereocenters. The van der Waals surface area contributed by atoms with Crippen molar-refractivity contribution in [1.82, 2.24) is 15.6 Å². The first kappa shape index (κ1) is 11.2. The molecule has 2 atom stereocenters. The maximum absolute atomic E-state index is 12.1. The normalized spacial score (nSPS) is 31.5. The molecule has 17 heavy (non-hydrogen) atoms. The molecule has 2 N–H and O–H groups in total. The minimum absolute atomic E-state index is 0.0521. The fraction of sp³-hybridized carbons (Fsp3) is 0.667. The van der Waals surface area contributed by atoms with Crippen LogP contribution in [-0.4, -0.2) is 29.0 Å². The predicted octanol–water partition coefficient (Wildman–Crippen LogP) is 1.46. The Labute approximate surface area is 105 Å². The highest BCUT2D eigenvalue weighted by atomic mass is 32.1. The number of fused-ring (bicyclic) bond motifs is 2. The lowest BCUT2D eigenvalue weighted by Gasteiger charge is -2.29. The van der Waals surface area contributed by atoms with E-state index in [1.807, 2.05) is 6.92 Å². The Kier molecular flexibility index (Phi) is 2.88. The van der Waals surface area contributed by atoms with Gasteiger partial charge in [-0.15, -0.1) is 11.3 Å². The molecule has 2 aliphatic rings. The van der Waals surface area contributed by atoms with Crippen molar-refractivity contribution in [1.29, 1.82) is 0 Å². The second-order valence-corrected chi connectivity index (χ2v) is 5.90. The van der Waals surface area contributed by atoms with Crippen LogP contribution < -0.4 is 10.6 Å². The van der Waals surface area contributed by atoms with Crippen molar-refractivity contribution in [3.8, 4) is 0 Å². The van der Waals surface area contributed by atoms with Crippen LogP contribution in [0.3, 0.4) is 0 Å². The van der Waals surface area contributed by atoms with Gasteiger partial charge in [0.05, 0.1) is 11.2 Å². The van der Waals surface area contributed by atoms with Crippen LogP contribution in [-0.2, 0) is 0 Å². The maximum Gasteiger partial charge on any atom is 0.263 e. The molecule has 2 bridgehead atoms. The van der Waals surface area contributed by atoms with Crippen LogP contribution in [0.5, 0.6) is 0 Å². The van der Waals surface area contributed by atoms with Gasteiger partial charge in [0.1, 0.15) is 4.88 Å². The molecule has 92 valence electrons. The molecule has 0 spiro atoms. The Morgan fingerprint density at radius 2 is 2.18 bits per heavy atom. The number of carbonyl (C=O) groups excluding carboxylic acids is 1. The highest BCUT2D eigenvalue weighted by molar-refractivity contribution is 7.11. The molecule has 0 saturated carbocycles. The van der Waals surface area contributed by atoms with Gasteiger partial charge in [-0.3, -0.25) is 4.79 Å². The van der Waals surface area contributed by atoms with Gasteiger partial charge in [-0.05, 0) is 32.6 Å². The molecule has 1 amide bonds. The van der Waals surface area contributed by atoms with E-state index in [1.165, 1.54) is 24.2 Å². The Hall–Kier alpha value is -0.940. The average Bonchev–Trinajstić information content (AvgIpc) is 2.85. The lowest BCUT2D eigenvalue weighted by molar-refractivity contribution is 0.0927. The number of carbonyl (C=O) groups is 1. The van der Waals surface area contributed by atoms with Gasteiger partial charge in [0.15, 0.2) is 0 Å². The van der Waals surface area contributed by atoms with Gasteiger partial charge in [-0.2, -0.15) is 0 Å². The largest absolute Gasteiger partial charge is 0.348 e. The summed E-state index contributed by atoms with van der Waals surface area (Å²) in [4.78, 5) is 16.9. The van der Waals surface area contributed by atoms with E-state index in [4.69, 9.17) is 0 Å². The quantitative estimate of drug-likeness (QED) is 0.837. The van der Waals surface area contributed by atoms with E-state index in [0.717, 1.165) is 23.4 Å². The molecular formula is C12H17N3OS. The first-order valence-corrected chi connectivity index (χ1v) is 7.07. The Morgan fingerprint density at radius 3 is 2.76 bits per heavy atom. The first-order chi connectivity index (χ1) is 8.22. The Balaban J connectivity index is 1.64. The van der Waals surface area contributed by atoms with E-state index < -0.39 is 0 Å². The molecule has 2 saturated heterocycles. The van der Waals surface area contributed by atoms with Gasteiger partial charge in [0.2, 0.25) is 0 Å². The molecule has 4 nitrogen and oxygen atoms in total. The van der Waals surface area contributed by atoms with E-state index in [-0.39, 0.29) is 5.91 Å². The number of thiazole rings is 1. The average molecular weight is 251 g/mol. The van der Waals surface area contributed by atoms with Gasteiger partial charge < -0.3 is 10.6 Å². The van der Waals surface area contributed by atoms with Gasteiger partial charge >= 0.3 is 0 Å². The number of hydrogen-bond acceptors (Lipinski definition) is 4. The van der Waals surface area contributed by atoms with Crippen molar-refractivity contribution in [2.24, 2.45) is 0 Å². The minimum atomic E-state index is 0.0521. The summed E-state index contributed by atoms with van der Waals surface area (Å²) < 4.78 is 0. The lowest BCUT2D eigenvalue weighted by atomic mass is 10.00. The Morgan fingerprint density at radius 1 is 1.47 bits per heavy atom. The summed E-state index contributed by atoms with van der Waals surface area (Å²) in [5.74, 6) is 0.0521. The standard InChI is InChI=1S/C12H17N3OS/c1-7-11(17-6-13-7)12(16)15-10-4-8-2-3-9(5-10)14-8/h6,8-10,14H,2-5H2,1H3,(H,15,16). The molecular weight excluding hydrogens is 234 g/mol. The number of nitrogens with one attached hydrogen (secondary N) is 2. The molecule has 1 aromatic rings. The van der Waals surface area contributed by atoms with Crippen LogP contribution in [0.15, 0.2) is 5.51 Å². The molecule has 3 rings (SSSR count). The van der Waals surface area contributed by atoms with Crippen molar-refractivity contribution in [2.75, 3.05) is 0 Å². The zero-order chi connectivity index (χ0) is 11.8. The van der Waals surface area contributed by atoms with E-state index >= 15 is 0 Å². The van der Waals surface area contributed by atoms with Gasteiger partial charge in [0.25, 0.3) is 5.91 Å². The molecule has 1 aromatic heterocycles. The van der Waals surface area contributed by atoms with Gasteiger partial charge in [0, 0.05) is 18.1 Å². The molecule has 2 fully saturated rings. The summed E-state index contributed by atoms with van der Waals surface area (Å²) in [6, 6.07) is 1.56. The summed E-state index contributed by atoms with van der Waals surface area (Å²) in [7, 11) is 0. The van der Waals surface area contributed by atoms with Crippen LogP contribution in [0.1, 0.15) is 41.0 Å². The number of nitrogens with zero attached hydrogens (tertiary/aromatic N) is 1. The molecule has 0 radical (unpaired) electrons. The summed E-state index contributed by atoms with van der Waals surface area (Å²) in [6.45, 7) is 1.89. The Bertz CT molecular complexity index is 419. The van der Waals surface area contributed by atoms with E-state index in [0.29, 0.717) is 18.1 Å². The third kappa shape index (κ3) is 2.21. The summed E-state index contributed by atoms with van der Waals surface area (Å²) in [5.41, 5.74) is 2.57. The monoisotopic (exact) mass is 251 g/mol. The van der Waals surface area contributed by atoms with Gasteiger partial charge in [-0.1, -0.05) is 0 Å². The third-order valence-corrected chi connectivity index (χ3v) is 4.69. The smallest absolute Gasteiger partial charge is 0.263 e. The number of piperidine rings is 1. The second-order valence-electron chi connectivity index (χ2n) is 5.05. The van der Waals surface area contributed by atoms with Gasteiger partial charge in [-0.25, -0.2) is 4.98 Å². The molecule has 5 heteroatoms. The second kappa shape index (κ2) is 4.38. The van der Waals surface area contributed by atoms with Crippen molar-refractivity contribution < 1.29 is 4.79 Å². The molecule has 0 aromatic carbocycles. The van der Waals surface area contributed by atoms with Crippen LogP contribution in [0.2, 0.25) is 0 Å². The van der Waals surface area contributed by atoms with Crippen LogP contribution in [0, 0.1) is 6.92 Å². The van der Waals surface area contributed by atoms with Crippen molar-refractivity contribution >= 4 is 17.2 Å². The SMILES string of the molecule is Cc1ncsc1C(=O)NC1CC2CCC(C1)N2. The zero-order valence-electron chi connectivity index (χ0n) is 9.90. The number of aryl methyl sites for hydroxylation is 1. The third-order valence-electron chi connectivity index (χ3n) is 3.76. The highest BCUT2D eigenvalue weighted by Crippen LogP contribution is 2.27. The predicted molar refractivity (Wildman–Crippen MR) is 67.3 cm³/mol. The van der Waals surface area contributed by atoms with Crippen LogP contribution in [0.25, 0.3) is 0 Å². The number of aromatic nitrogens is 1. The van der Waals surface area contributed by atoms with Crippen molar-refractivity contribution in [3.63, 3.8) is 0 Å². The fourth-order valence-corrected chi connectivity index (χ4v) is 3.65. The number of hydrogen-bond donors (Lipinski definition) is 2. The van der Waals surface area contributed by atoms with Crippen LogP contribution >= 0.6 is 11.3 Å². The fourth-order valence-electron chi connectivity index (χ4n) is 2.95. The molecule has 3 heterocycles. The van der Waals surface area contributed by atoms with E-state index in [2.05, 4.69) is 15.6 Å². The van der Waals surface area contributed by atoms with Crippen molar-refractivity contribution in [2.45, 2.75) is 50.7 Å². The van der Waals surface area contributed by atoms with E-state index in [9.17, 15) is 4.79 Å².